The number of anilines is 2. The maximum Gasteiger partial charge on any atom is 0.407 e. The third-order valence-electron chi connectivity index (χ3n) is 7.44. The van der Waals surface area contributed by atoms with E-state index in [1.807, 2.05) is 13.0 Å². The number of aliphatic hydroxyl groups excluding tert-OH is 1. The van der Waals surface area contributed by atoms with E-state index in [4.69, 9.17) is 15.6 Å². The van der Waals surface area contributed by atoms with Crippen molar-refractivity contribution in [3.63, 3.8) is 0 Å². The number of imidazole rings is 1. The van der Waals surface area contributed by atoms with Crippen LogP contribution in [0.15, 0.2) is 48.9 Å². The highest BCUT2D eigenvalue weighted by atomic mass is 19.1. The molecule has 5 N–H and O–H groups in total. The predicted octanol–water partition coefficient (Wildman–Crippen LogP) is 3.91. The molecule has 10 nitrogen and oxygen atoms in total. The highest BCUT2D eigenvalue weighted by Gasteiger charge is 2.36. The highest BCUT2D eigenvalue weighted by molar-refractivity contribution is 5.68. The number of nitrogens with two attached hydrogens (primary N) is 1. The zero-order valence-electron chi connectivity index (χ0n) is 22.1. The number of methoxy groups -OCH3 is 1. The SMILES string of the molecule is COC(=O)N[C@@H]1[C@H](N)C[C@H](c2ccncc2Nc2ncc3ccc(-c4c(F)cc(CCO)cc4F)nn23)C[C@@H]1C. The van der Waals surface area contributed by atoms with Crippen molar-refractivity contribution in [3.05, 3.63) is 71.7 Å². The van der Waals surface area contributed by atoms with Crippen LogP contribution in [-0.2, 0) is 11.2 Å². The zero-order valence-corrected chi connectivity index (χ0v) is 22.1. The number of ether oxygens (including phenoxy) is 1. The minimum Gasteiger partial charge on any atom is -0.453 e. The van der Waals surface area contributed by atoms with Crippen LogP contribution in [-0.4, -0.2) is 56.6 Å². The van der Waals surface area contributed by atoms with Gasteiger partial charge in [-0.15, -0.1) is 0 Å². The Bertz CT molecular complexity index is 1490. The second kappa shape index (κ2) is 11.5. The first-order chi connectivity index (χ1) is 19.3. The summed E-state index contributed by atoms with van der Waals surface area (Å²) in [5.74, 6) is -0.993. The van der Waals surface area contributed by atoms with Gasteiger partial charge in [0.2, 0.25) is 5.95 Å². The maximum atomic E-state index is 14.9. The number of hydrogen-bond acceptors (Lipinski definition) is 8. The number of nitrogens with one attached hydrogen (secondary N) is 2. The third kappa shape index (κ3) is 5.45. The molecule has 0 radical (unpaired) electrons. The summed E-state index contributed by atoms with van der Waals surface area (Å²) in [5.41, 5.74) is 8.99. The minimum absolute atomic E-state index is 0.0848. The number of hydrogen-bond donors (Lipinski definition) is 4. The van der Waals surface area contributed by atoms with Crippen LogP contribution in [0.1, 0.15) is 36.8 Å². The molecule has 0 saturated heterocycles. The normalized spacial score (nSPS) is 20.9. The van der Waals surface area contributed by atoms with Gasteiger partial charge in [0.1, 0.15) is 11.6 Å². The molecule has 1 fully saturated rings. The number of carbonyl (C=O) groups excluding carboxylic acids is 1. The predicted molar refractivity (Wildman–Crippen MR) is 145 cm³/mol. The Kier molecular flexibility index (Phi) is 7.90. The summed E-state index contributed by atoms with van der Waals surface area (Å²) in [6.45, 7) is 1.84. The van der Waals surface area contributed by atoms with E-state index in [1.54, 1.807) is 24.7 Å². The van der Waals surface area contributed by atoms with E-state index in [1.165, 1.54) is 29.8 Å². The van der Waals surface area contributed by atoms with Gasteiger partial charge in [0.25, 0.3) is 0 Å². The summed E-state index contributed by atoms with van der Waals surface area (Å²) in [5, 5.41) is 19.7. The van der Waals surface area contributed by atoms with Gasteiger partial charge in [0, 0.05) is 24.9 Å². The lowest BCUT2D eigenvalue weighted by Crippen LogP contribution is -2.54. The second-order valence-electron chi connectivity index (χ2n) is 10.1. The molecule has 4 aromatic rings. The summed E-state index contributed by atoms with van der Waals surface area (Å²) >= 11 is 0. The fourth-order valence-electron chi connectivity index (χ4n) is 5.52. The molecule has 1 amide bonds. The lowest BCUT2D eigenvalue weighted by atomic mass is 9.73. The van der Waals surface area contributed by atoms with Crippen LogP contribution in [0.5, 0.6) is 0 Å². The first kappa shape index (κ1) is 27.4. The molecule has 0 spiro atoms. The molecular formula is C28H31F2N7O3. The largest absolute Gasteiger partial charge is 0.453 e. The average molecular weight is 552 g/mol. The molecule has 40 heavy (non-hydrogen) atoms. The summed E-state index contributed by atoms with van der Waals surface area (Å²) in [4.78, 5) is 20.5. The van der Waals surface area contributed by atoms with Gasteiger partial charge < -0.3 is 26.2 Å². The van der Waals surface area contributed by atoms with Crippen LogP contribution in [0, 0.1) is 17.6 Å². The van der Waals surface area contributed by atoms with Gasteiger partial charge in [-0.25, -0.2) is 18.6 Å². The number of rotatable bonds is 7. The zero-order chi connectivity index (χ0) is 28.4. The number of aromatic nitrogens is 4. The van der Waals surface area contributed by atoms with E-state index >= 15 is 0 Å². The first-order valence-electron chi connectivity index (χ1n) is 13.0. The van der Waals surface area contributed by atoms with Crippen molar-refractivity contribution in [2.45, 2.75) is 44.2 Å². The van der Waals surface area contributed by atoms with Crippen molar-refractivity contribution >= 4 is 23.2 Å². The molecule has 5 rings (SSSR count). The average Bonchev–Trinajstić information content (AvgIpc) is 3.32. The van der Waals surface area contributed by atoms with E-state index in [0.717, 1.165) is 12.0 Å². The first-order valence-corrected chi connectivity index (χ1v) is 13.0. The van der Waals surface area contributed by atoms with E-state index < -0.39 is 17.7 Å². The summed E-state index contributed by atoms with van der Waals surface area (Å²) < 4.78 is 36.0. The number of aliphatic hydroxyl groups is 1. The van der Waals surface area contributed by atoms with Gasteiger partial charge in [-0.05, 0) is 72.6 Å². The smallest absolute Gasteiger partial charge is 0.407 e. The van der Waals surface area contributed by atoms with Gasteiger partial charge in [0.15, 0.2) is 0 Å². The monoisotopic (exact) mass is 551 g/mol. The van der Waals surface area contributed by atoms with Gasteiger partial charge in [-0.1, -0.05) is 6.92 Å². The lowest BCUT2D eigenvalue weighted by Gasteiger charge is -2.39. The minimum atomic E-state index is -0.762. The number of pyridine rings is 1. The van der Waals surface area contributed by atoms with Crippen molar-refractivity contribution in [2.75, 3.05) is 19.0 Å². The Morgan fingerprint density at radius 1 is 1.20 bits per heavy atom. The molecule has 210 valence electrons. The fraction of sp³-hybridized carbons (Fsp3) is 0.357. The van der Waals surface area contributed by atoms with Crippen LogP contribution in [0.2, 0.25) is 0 Å². The van der Waals surface area contributed by atoms with Crippen LogP contribution in [0.3, 0.4) is 0 Å². The number of alkyl carbamates (subject to hydrolysis) is 1. The molecule has 12 heteroatoms. The van der Waals surface area contributed by atoms with Crippen molar-refractivity contribution in [3.8, 4) is 11.3 Å². The fourth-order valence-corrected chi connectivity index (χ4v) is 5.52. The molecule has 3 aromatic heterocycles. The quantitative estimate of drug-likeness (QED) is 0.271. The summed E-state index contributed by atoms with van der Waals surface area (Å²) in [6.07, 6.45) is 6.06. The number of fused-ring (bicyclic) bond motifs is 1. The third-order valence-corrected chi connectivity index (χ3v) is 7.44. The second-order valence-corrected chi connectivity index (χ2v) is 10.1. The Morgan fingerprint density at radius 3 is 2.67 bits per heavy atom. The van der Waals surface area contributed by atoms with Crippen LogP contribution in [0.4, 0.5) is 25.2 Å². The number of halogens is 2. The summed E-state index contributed by atoms with van der Waals surface area (Å²) in [6, 6.07) is 7.06. The van der Waals surface area contributed by atoms with Crippen molar-refractivity contribution < 1.29 is 23.4 Å². The van der Waals surface area contributed by atoms with Crippen LogP contribution < -0.4 is 16.4 Å². The standard InChI is InChI=1S/C28H31F2N7O3/c1-15-9-17(12-22(31)26(15)35-28(39)40-2)19-5-7-32-14-24(19)34-27-33-13-18-3-4-23(36-37(18)27)25-20(29)10-16(6-8-38)11-21(25)30/h3-5,7,10-11,13-15,17,22,26,38H,6,8-9,12,31H2,1-2H3,(H,33,34)(H,35,39)/t15-,17+,22+,26-/m0/s1. The molecule has 0 unspecified atom stereocenters. The van der Waals surface area contributed by atoms with Crippen LogP contribution in [0.25, 0.3) is 16.8 Å². The molecule has 1 aliphatic rings. The Labute approximate surface area is 229 Å². The van der Waals surface area contributed by atoms with E-state index in [9.17, 15) is 13.6 Å². The Balaban J connectivity index is 1.43. The molecule has 0 aliphatic heterocycles. The molecule has 1 aliphatic carbocycles. The number of benzene rings is 1. The van der Waals surface area contributed by atoms with Crippen molar-refractivity contribution in [1.82, 2.24) is 24.9 Å². The van der Waals surface area contributed by atoms with E-state index in [0.29, 0.717) is 29.1 Å². The van der Waals surface area contributed by atoms with E-state index in [2.05, 4.69) is 25.7 Å². The molecule has 4 atom stereocenters. The molecule has 1 aromatic carbocycles. The lowest BCUT2D eigenvalue weighted by molar-refractivity contribution is 0.149. The van der Waals surface area contributed by atoms with E-state index in [-0.39, 0.29) is 48.2 Å². The van der Waals surface area contributed by atoms with Crippen molar-refractivity contribution in [2.24, 2.45) is 11.7 Å². The Morgan fingerprint density at radius 2 is 1.98 bits per heavy atom. The molecule has 3 heterocycles. The maximum absolute atomic E-state index is 14.9. The number of carbonyl (C=O) groups is 1. The highest BCUT2D eigenvalue weighted by Crippen LogP contribution is 2.39. The number of nitrogens with zero attached hydrogens (tertiary/aromatic N) is 4. The van der Waals surface area contributed by atoms with Crippen LogP contribution >= 0.6 is 0 Å². The van der Waals surface area contributed by atoms with Gasteiger partial charge >= 0.3 is 6.09 Å². The molecule has 0 bridgehead atoms. The molecule has 1 saturated carbocycles. The number of amides is 1. The van der Waals surface area contributed by atoms with Gasteiger partial charge in [-0.3, -0.25) is 4.98 Å². The summed E-state index contributed by atoms with van der Waals surface area (Å²) in [7, 11) is 1.32. The van der Waals surface area contributed by atoms with Gasteiger partial charge in [-0.2, -0.15) is 9.61 Å². The van der Waals surface area contributed by atoms with Gasteiger partial charge in [0.05, 0.1) is 42.0 Å². The van der Waals surface area contributed by atoms with Crippen molar-refractivity contribution in [1.29, 1.82) is 0 Å². The topological polar surface area (TPSA) is 140 Å². The molecular weight excluding hydrogens is 520 g/mol. The Hall–Kier alpha value is -4.16.